The molecule has 0 saturated heterocycles. The Morgan fingerprint density at radius 3 is 2.53 bits per heavy atom. The van der Waals surface area contributed by atoms with Crippen molar-refractivity contribution in [2.75, 3.05) is 31.3 Å². The zero-order valence-electron chi connectivity index (χ0n) is 19.7. The summed E-state index contributed by atoms with van der Waals surface area (Å²) in [5.41, 5.74) is 3.56. The number of fused-ring (bicyclic) bond motifs is 2. The maximum atomic E-state index is 13.1. The van der Waals surface area contributed by atoms with Gasteiger partial charge in [-0.2, -0.15) is 0 Å². The Bertz CT molecular complexity index is 1630. The molecule has 2 N–H and O–H groups in total. The zero-order chi connectivity index (χ0) is 25.2. The van der Waals surface area contributed by atoms with Gasteiger partial charge in [0.05, 0.1) is 27.4 Å². The lowest BCUT2D eigenvalue weighted by Crippen LogP contribution is -2.26. The van der Waals surface area contributed by atoms with Crippen molar-refractivity contribution in [3.8, 4) is 11.1 Å². The van der Waals surface area contributed by atoms with Gasteiger partial charge in [-0.3, -0.25) is 14.7 Å². The van der Waals surface area contributed by atoms with Crippen LogP contribution >= 0.6 is 11.3 Å². The number of likely N-dealkylation sites (N-methyl/N-ethyl adjacent to an activating group) is 1. The number of thiazole rings is 1. The SMILES string of the molecule is CN(C)CCn1cnc2ccc(-c3ccc4sc(NC(=O)Nc5ccc(F)cc5)nc4c3)cc2c1=O. The minimum atomic E-state index is -0.464. The first-order valence-corrected chi connectivity index (χ1v) is 12.1. The quantitative estimate of drug-likeness (QED) is 0.340. The van der Waals surface area contributed by atoms with E-state index in [1.807, 2.05) is 55.4 Å². The fourth-order valence-electron chi connectivity index (χ4n) is 3.76. The van der Waals surface area contributed by atoms with Crippen molar-refractivity contribution in [3.63, 3.8) is 0 Å². The molecule has 0 atom stereocenters. The van der Waals surface area contributed by atoms with Crippen LogP contribution in [0.4, 0.5) is 20.0 Å². The topological polar surface area (TPSA) is 92.2 Å². The summed E-state index contributed by atoms with van der Waals surface area (Å²) in [5.74, 6) is -0.374. The fraction of sp³-hybridized carbons (Fsp3) is 0.154. The largest absolute Gasteiger partial charge is 0.325 e. The van der Waals surface area contributed by atoms with Gasteiger partial charge in [0, 0.05) is 18.8 Å². The highest BCUT2D eigenvalue weighted by Crippen LogP contribution is 2.31. The van der Waals surface area contributed by atoms with Crippen LogP contribution in [0.15, 0.2) is 71.8 Å². The number of amides is 2. The number of urea groups is 1. The van der Waals surface area contributed by atoms with E-state index in [4.69, 9.17) is 0 Å². The molecule has 10 heteroatoms. The highest BCUT2D eigenvalue weighted by Gasteiger charge is 2.11. The Kier molecular flexibility index (Phi) is 6.45. The van der Waals surface area contributed by atoms with Crippen LogP contribution in [-0.4, -0.2) is 46.1 Å². The third kappa shape index (κ3) is 5.09. The third-order valence-corrected chi connectivity index (χ3v) is 6.61. The number of anilines is 2. The molecule has 0 aliphatic heterocycles. The Morgan fingerprint density at radius 1 is 1.00 bits per heavy atom. The summed E-state index contributed by atoms with van der Waals surface area (Å²) in [6.07, 6.45) is 1.59. The zero-order valence-corrected chi connectivity index (χ0v) is 20.5. The number of carbonyl (C=O) groups is 1. The third-order valence-electron chi connectivity index (χ3n) is 5.66. The van der Waals surface area contributed by atoms with Gasteiger partial charge in [0.25, 0.3) is 5.56 Å². The van der Waals surface area contributed by atoms with Gasteiger partial charge in [-0.15, -0.1) is 0 Å². The maximum absolute atomic E-state index is 13.1. The van der Waals surface area contributed by atoms with Crippen LogP contribution in [0.25, 0.3) is 32.2 Å². The van der Waals surface area contributed by atoms with Crippen molar-refractivity contribution in [3.05, 3.63) is 83.2 Å². The molecule has 0 aliphatic carbocycles. The molecule has 36 heavy (non-hydrogen) atoms. The fourth-order valence-corrected chi connectivity index (χ4v) is 4.60. The standard InChI is InChI=1S/C26H23FN6O2S/c1-32(2)11-12-33-15-28-21-9-3-16(13-20(21)24(33)34)17-4-10-23-22(14-17)30-26(36-23)31-25(35)29-19-7-5-18(27)6-8-19/h3-10,13-15H,11-12H2,1-2H3,(H2,29,30,31,35). The molecule has 0 bridgehead atoms. The van der Waals surface area contributed by atoms with Crippen molar-refractivity contribution >= 4 is 49.3 Å². The van der Waals surface area contributed by atoms with Gasteiger partial charge in [0.1, 0.15) is 5.82 Å². The van der Waals surface area contributed by atoms with Gasteiger partial charge in [0.15, 0.2) is 5.13 Å². The van der Waals surface area contributed by atoms with Gasteiger partial charge in [-0.05, 0) is 73.8 Å². The molecule has 0 saturated carbocycles. The lowest BCUT2D eigenvalue weighted by Gasteiger charge is -2.11. The molecule has 0 fully saturated rings. The summed E-state index contributed by atoms with van der Waals surface area (Å²) in [5, 5.41) is 6.37. The summed E-state index contributed by atoms with van der Waals surface area (Å²) in [6.45, 7) is 1.31. The maximum Gasteiger partial charge on any atom is 0.325 e. The molecule has 0 radical (unpaired) electrons. The minimum absolute atomic E-state index is 0.0721. The second-order valence-corrected chi connectivity index (χ2v) is 9.60. The van der Waals surface area contributed by atoms with Crippen molar-refractivity contribution in [1.82, 2.24) is 19.4 Å². The predicted molar refractivity (Wildman–Crippen MR) is 142 cm³/mol. The van der Waals surface area contributed by atoms with E-state index in [2.05, 4.69) is 20.6 Å². The van der Waals surface area contributed by atoms with Crippen molar-refractivity contribution in [2.45, 2.75) is 6.54 Å². The molecular weight excluding hydrogens is 479 g/mol. The van der Waals surface area contributed by atoms with Crippen LogP contribution < -0.4 is 16.2 Å². The van der Waals surface area contributed by atoms with Crippen molar-refractivity contribution in [1.29, 1.82) is 0 Å². The molecule has 0 unspecified atom stereocenters. The number of nitrogens with zero attached hydrogens (tertiary/aromatic N) is 4. The molecular formula is C26H23FN6O2S. The van der Waals surface area contributed by atoms with Crippen LogP contribution in [0, 0.1) is 5.82 Å². The normalized spacial score (nSPS) is 11.3. The Hall–Kier alpha value is -4.15. The number of hydrogen-bond acceptors (Lipinski definition) is 6. The van der Waals surface area contributed by atoms with Gasteiger partial charge in [0.2, 0.25) is 0 Å². The average molecular weight is 503 g/mol. The summed E-state index contributed by atoms with van der Waals surface area (Å²) >= 11 is 1.35. The minimum Gasteiger partial charge on any atom is -0.308 e. The molecule has 0 spiro atoms. The predicted octanol–water partition coefficient (Wildman–Crippen LogP) is 5.02. The van der Waals surface area contributed by atoms with E-state index in [0.717, 1.165) is 27.9 Å². The molecule has 0 aliphatic rings. The summed E-state index contributed by atoms with van der Waals surface area (Å²) in [4.78, 5) is 36.3. The van der Waals surface area contributed by atoms with Crippen LogP contribution in [0.2, 0.25) is 0 Å². The first kappa shape index (κ1) is 23.6. The number of aromatic nitrogens is 3. The van der Waals surface area contributed by atoms with Gasteiger partial charge < -0.3 is 10.2 Å². The lowest BCUT2D eigenvalue weighted by atomic mass is 10.0. The van der Waals surface area contributed by atoms with E-state index in [1.165, 1.54) is 35.6 Å². The summed E-state index contributed by atoms with van der Waals surface area (Å²) < 4.78 is 15.6. The molecule has 5 rings (SSSR count). The first-order valence-electron chi connectivity index (χ1n) is 11.2. The van der Waals surface area contributed by atoms with Crippen LogP contribution in [0.5, 0.6) is 0 Å². The lowest BCUT2D eigenvalue weighted by molar-refractivity contribution is 0.262. The van der Waals surface area contributed by atoms with Gasteiger partial charge in [-0.1, -0.05) is 23.5 Å². The van der Waals surface area contributed by atoms with Crippen molar-refractivity contribution < 1.29 is 9.18 Å². The molecule has 5 aromatic rings. The van der Waals surface area contributed by atoms with Crippen LogP contribution in [-0.2, 0) is 6.54 Å². The summed E-state index contributed by atoms with van der Waals surface area (Å²) in [6, 6.07) is 16.5. The van der Waals surface area contributed by atoms with E-state index in [-0.39, 0.29) is 11.4 Å². The molecule has 2 amide bonds. The molecule has 8 nitrogen and oxygen atoms in total. The number of hydrogen-bond donors (Lipinski definition) is 2. The Balaban J connectivity index is 1.38. The van der Waals surface area contributed by atoms with E-state index in [1.54, 1.807) is 10.9 Å². The molecule has 2 heterocycles. The number of rotatable bonds is 6. The summed E-state index contributed by atoms with van der Waals surface area (Å²) in [7, 11) is 3.93. The van der Waals surface area contributed by atoms with Gasteiger partial charge in [-0.25, -0.2) is 19.2 Å². The second kappa shape index (κ2) is 9.84. The molecule has 182 valence electrons. The highest BCUT2D eigenvalue weighted by atomic mass is 32.1. The van der Waals surface area contributed by atoms with Crippen molar-refractivity contribution in [2.24, 2.45) is 0 Å². The molecule has 3 aromatic carbocycles. The van der Waals surface area contributed by atoms with E-state index in [9.17, 15) is 14.0 Å². The van der Waals surface area contributed by atoms with Crippen LogP contribution in [0.1, 0.15) is 0 Å². The Morgan fingerprint density at radius 2 is 1.75 bits per heavy atom. The first-order chi connectivity index (χ1) is 17.4. The number of nitrogens with one attached hydrogen (secondary N) is 2. The Labute approximate surface area is 210 Å². The highest BCUT2D eigenvalue weighted by molar-refractivity contribution is 7.22. The monoisotopic (exact) mass is 502 g/mol. The van der Waals surface area contributed by atoms with E-state index in [0.29, 0.717) is 28.3 Å². The smallest absolute Gasteiger partial charge is 0.308 e. The van der Waals surface area contributed by atoms with E-state index < -0.39 is 6.03 Å². The number of carbonyl (C=O) groups excluding carboxylic acids is 1. The number of halogens is 1. The van der Waals surface area contributed by atoms with E-state index >= 15 is 0 Å². The average Bonchev–Trinajstić information content (AvgIpc) is 3.26. The van der Waals surface area contributed by atoms with Gasteiger partial charge >= 0.3 is 6.03 Å². The number of benzene rings is 3. The second-order valence-electron chi connectivity index (χ2n) is 8.57. The van der Waals surface area contributed by atoms with Crippen LogP contribution in [0.3, 0.4) is 0 Å². The molecule has 2 aromatic heterocycles.